The lowest BCUT2D eigenvalue weighted by molar-refractivity contribution is -0.0314. The topological polar surface area (TPSA) is 20.2 Å². The minimum Gasteiger partial charge on any atom is -0.388 e. The molecule has 0 spiro atoms. The molecule has 1 nitrogen and oxygen atoms in total. The van der Waals surface area contributed by atoms with E-state index in [1.165, 1.54) is 19.3 Å². The first kappa shape index (κ1) is 10.5. The van der Waals surface area contributed by atoms with Gasteiger partial charge in [-0.3, -0.25) is 0 Å². The van der Waals surface area contributed by atoms with Gasteiger partial charge in [-0.05, 0) is 34.3 Å². The molecule has 1 unspecified atom stereocenters. The largest absolute Gasteiger partial charge is 0.388 e. The Balaban J connectivity index is 2.43. The van der Waals surface area contributed by atoms with E-state index < -0.39 is 0 Å². The molecule has 0 amide bonds. The van der Waals surface area contributed by atoms with Crippen LogP contribution in [0.3, 0.4) is 0 Å². The molecule has 0 aromatic rings. The molecule has 70 valence electrons. The number of halogens is 1. The fraction of sp³-hybridized carbons (Fsp3) is 0.800. The van der Waals surface area contributed by atoms with E-state index in [0.29, 0.717) is 0 Å². The number of aliphatic hydroxyl groups is 1. The first-order chi connectivity index (χ1) is 5.62. The summed E-state index contributed by atoms with van der Waals surface area (Å²) in [6.07, 6.45) is 5.29. The van der Waals surface area contributed by atoms with Gasteiger partial charge in [-0.1, -0.05) is 42.9 Å². The molecule has 1 saturated carbocycles. The molecule has 1 N–H and O–H groups in total. The second-order valence-electron chi connectivity index (χ2n) is 4.10. The van der Waals surface area contributed by atoms with Crippen molar-refractivity contribution in [2.75, 3.05) is 0 Å². The number of rotatable bonds is 3. The fourth-order valence-corrected chi connectivity index (χ4v) is 2.48. The van der Waals surface area contributed by atoms with Gasteiger partial charge in [-0.25, -0.2) is 0 Å². The Morgan fingerprint density at radius 2 is 2.25 bits per heavy atom. The van der Waals surface area contributed by atoms with E-state index in [9.17, 15) is 5.11 Å². The van der Waals surface area contributed by atoms with Crippen LogP contribution >= 0.6 is 22.6 Å². The Morgan fingerprint density at radius 3 is 2.67 bits per heavy atom. The summed E-state index contributed by atoms with van der Waals surface area (Å²) in [5.41, 5.74) is 0.169. The first-order valence-corrected chi connectivity index (χ1v) is 5.82. The van der Waals surface area contributed by atoms with Gasteiger partial charge in [0.2, 0.25) is 0 Å². The quantitative estimate of drug-likeness (QED) is 0.787. The van der Waals surface area contributed by atoms with Crippen molar-refractivity contribution in [1.29, 1.82) is 0 Å². The molecule has 1 atom stereocenters. The van der Waals surface area contributed by atoms with Crippen LogP contribution in [0.4, 0.5) is 0 Å². The van der Waals surface area contributed by atoms with Crippen LogP contribution in [0.25, 0.3) is 0 Å². The molecule has 2 heteroatoms. The lowest BCUT2D eigenvalue weighted by Gasteiger charge is -2.47. The zero-order valence-corrected chi connectivity index (χ0v) is 9.91. The maximum absolute atomic E-state index is 9.75. The van der Waals surface area contributed by atoms with Crippen LogP contribution in [-0.4, -0.2) is 11.2 Å². The third-order valence-corrected chi connectivity index (χ3v) is 3.47. The molecule has 1 aliphatic rings. The van der Waals surface area contributed by atoms with E-state index in [2.05, 4.69) is 36.4 Å². The predicted octanol–water partition coefficient (Wildman–Crippen LogP) is 3.12. The lowest BCUT2D eigenvalue weighted by atomic mass is 9.59. The molecule has 1 aliphatic carbocycles. The molecule has 0 radical (unpaired) electrons. The molecule has 0 aliphatic heterocycles. The van der Waals surface area contributed by atoms with Gasteiger partial charge in [0.1, 0.15) is 0 Å². The van der Waals surface area contributed by atoms with Crippen LogP contribution in [0.2, 0.25) is 0 Å². The molecule has 0 saturated heterocycles. The standard InChI is InChI=1S/C10H17IO/c1-3-8-6-10(2,7-8)9(12)4-5-11/h4-5,8-9,12H,3,6-7H2,1-2H3/b5-4+. The Labute approximate surface area is 88.4 Å². The van der Waals surface area contributed by atoms with Crippen LogP contribution in [0, 0.1) is 11.3 Å². The van der Waals surface area contributed by atoms with Gasteiger partial charge in [0.15, 0.2) is 0 Å². The Bertz CT molecular complexity index is 171. The van der Waals surface area contributed by atoms with Crippen LogP contribution in [0.15, 0.2) is 10.2 Å². The Kier molecular flexibility index (Phi) is 3.58. The maximum atomic E-state index is 9.75. The second kappa shape index (κ2) is 4.09. The lowest BCUT2D eigenvalue weighted by Crippen LogP contribution is -2.43. The zero-order chi connectivity index (χ0) is 9.19. The summed E-state index contributed by atoms with van der Waals surface area (Å²) in [6.45, 7) is 4.41. The molecule has 0 aromatic carbocycles. The van der Waals surface area contributed by atoms with E-state index in [1.54, 1.807) is 0 Å². The molecule has 0 bridgehead atoms. The first-order valence-electron chi connectivity index (χ1n) is 4.57. The maximum Gasteiger partial charge on any atom is 0.0782 e. The van der Waals surface area contributed by atoms with E-state index in [1.807, 2.05) is 10.2 Å². The van der Waals surface area contributed by atoms with Crippen LogP contribution in [0.5, 0.6) is 0 Å². The Morgan fingerprint density at radius 1 is 1.67 bits per heavy atom. The summed E-state index contributed by atoms with van der Waals surface area (Å²) < 4.78 is 1.91. The molecular weight excluding hydrogens is 263 g/mol. The number of hydrogen-bond donors (Lipinski definition) is 1. The van der Waals surface area contributed by atoms with E-state index >= 15 is 0 Å². The molecule has 1 rings (SSSR count). The third kappa shape index (κ3) is 2.02. The van der Waals surface area contributed by atoms with Gasteiger partial charge in [0.05, 0.1) is 6.10 Å². The predicted molar refractivity (Wildman–Crippen MR) is 60.3 cm³/mol. The minimum absolute atomic E-state index is 0.169. The van der Waals surface area contributed by atoms with Gasteiger partial charge < -0.3 is 5.11 Å². The zero-order valence-electron chi connectivity index (χ0n) is 7.76. The van der Waals surface area contributed by atoms with Crippen molar-refractivity contribution in [3.63, 3.8) is 0 Å². The molecular formula is C10H17IO. The normalized spacial score (nSPS) is 38.2. The molecule has 1 fully saturated rings. The van der Waals surface area contributed by atoms with Crippen molar-refractivity contribution in [3.8, 4) is 0 Å². The second-order valence-corrected chi connectivity index (χ2v) is 4.82. The molecule has 12 heavy (non-hydrogen) atoms. The third-order valence-electron chi connectivity index (χ3n) is 3.06. The van der Waals surface area contributed by atoms with Crippen molar-refractivity contribution >= 4 is 22.6 Å². The summed E-state index contributed by atoms with van der Waals surface area (Å²) >= 11 is 2.16. The monoisotopic (exact) mass is 280 g/mol. The van der Waals surface area contributed by atoms with Crippen molar-refractivity contribution in [3.05, 3.63) is 10.2 Å². The van der Waals surface area contributed by atoms with Crippen LogP contribution in [-0.2, 0) is 0 Å². The summed E-state index contributed by atoms with van der Waals surface area (Å²) in [7, 11) is 0. The molecule has 0 heterocycles. The smallest absolute Gasteiger partial charge is 0.0782 e. The van der Waals surface area contributed by atoms with Gasteiger partial charge in [0.25, 0.3) is 0 Å². The fourth-order valence-electron chi connectivity index (χ4n) is 2.09. The highest BCUT2D eigenvalue weighted by atomic mass is 127. The van der Waals surface area contributed by atoms with Gasteiger partial charge in [-0.2, -0.15) is 0 Å². The van der Waals surface area contributed by atoms with Gasteiger partial charge in [0, 0.05) is 0 Å². The summed E-state index contributed by atoms with van der Waals surface area (Å²) in [4.78, 5) is 0. The van der Waals surface area contributed by atoms with E-state index in [-0.39, 0.29) is 11.5 Å². The average Bonchev–Trinajstić information content (AvgIpc) is 1.99. The Hall–Kier alpha value is 0.430. The van der Waals surface area contributed by atoms with Gasteiger partial charge >= 0.3 is 0 Å². The van der Waals surface area contributed by atoms with Crippen LogP contribution in [0.1, 0.15) is 33.1 Å². The molecule has 0 aromatic heterocycles. The van der Waals surface area contributed by atoms with Crippen molar-refractivity contribution in [2.45, 2.75) is 39.2 Å². The number of aliphatic hydroxyl groups excluding tert-OH is 1. The highest BCUT2D eigenvalue weighted by Gasteiger charge is 2.43. The van der Waals surface area contributed by atoms with Crippen molar-refractivity contribution < 1.29 is 5.11 Å². The highest BCUT2D eigenvalue weighted by molar-refractivity contribution is 14.1. The minimum atomic E-state index is -0.239. The van der Waals surface area contributed by atoms with Crippen molar-refractivity contribution in [2.24, 2.45) is 11.3 Å². The number of hydrogen-bond acceptors (Lipinski definition) is 1. The SMILES string of the molecule is CCC1CC(C)(C(O)/C=C/I)C1. The van der Waals surface area contributed by atoms with E-state index in [0.717, 1.165) is 5.92 Å². The average molecular weight is 280 g/mol. The van der Waals surface area contributed by atoms with Gasteiger partial charge in [-0.15, -0.1) is 0 Å². The highest BCUT2D eigenvalue weighted by Crippen LogP contribution is 2.49. The summed E-state index contributed by atoms with van der Waals surface area (Å²) in [5.74, 6) is 0.854. The van der Waals surface area contributed by atoms with Crippen LogP contribution < -0.4 is 0 Å². The summed E-state index contributed by atoms with van der Waals surface area (Å²) in [5, 5.41) is 9.75. The summed E-state index contributed by atoms with van der Waals surface area (Å²) in [6, 6.07) is 0. The van der Waals surface area contributed by atoms with E-state index in [4.69, 9.17) is 0 Å². The van der Waals surface area contributed by atoms with Crippen molar-refractivity contribution in [1.82, 2.24) is 0 Å².